The molecule has 0 spiro atoms. The van der Waals surface area contributed by atoms with E-state index in [1.807, 2.05) is 12.3 Å². The van der Waals surface area contributed by atoms with Gasteiger partial charge < -0.3 is 4.98 Å². The van der Waals surface area contributed by atoms with Crippen LogP contribution >= 0.6 is 0 Å². The number of nitrogens with zero attached hydrogens (tertiary/aromatic N) is 1. The molecule has 1 aromatic carbocycles. The Kier molecular flexibility index (Phi) is 2.92. The predicted octanol–water partition coefficient (Wildman–Crippen LogP) is 3.83. The highest BCUT2D eigenvalue weighted by molar-refractivity contribution is 6.07. The van der Waals surface area contributed by atoms with Gasteiger partial charge in [0.15, 0.2) is 12.4 Å². The zero-order valence-electron chi connectivity index (χ0n) is 10.9. The molecule has 0 saturated carbocycles. The lowest BCUT2D eigenvalue weighted by Gasteiger charge is -2.00. The number of nitrogens with one attached hydrogen (secondary N) is 1. The fraction of sp³-hybridized carbons (Fsp3) is 0.118. The van der Waals surface area contributed by atoms with E-state index in [9.17, 15) is 0 Å². The molecule has 3 rings (SSSR count). The number of para-hydroxylation sites is 1. The molecule has 0 saturated heterocycles. The smallest absolute Gasteiger partial charge is 0.211 e. The Hall–Kier alpha value is -2.35. The molecule has 2 heteroatoms. The number of H-pyrrole nitrogens is 1. The van der Waals surface area contributed by atoms with Crippen molar-refractivity contribution in [2.75, 3.05) is 0 Å². The topological polar surface area (TPSA) is 19.7 Å². The van der Waals surface area contributed by atoms with Crippen molar-refractivity contribution in [3.05, 3.63) is 61.5 Å². The summed E-state index contributed by atoms with van der Waals surface area (Å²) >= 11 is 0. The van der Waals surface area contributed by atoms with Gasteiger partial charge in [0.05, 0.1) is 0 Å². The predicted molar refractivity (Wildman–Crippen MR) is 80.9 cm³/mol. The first-order chi connectivity index (χ1) is 9.35. The second-order valence-electron chi connectivity index (χ2n) is 4.64. The zero-order chi connectivity index (χ0) is 13.2. The summed E-state index contributed by atoms with van der Waals surface area (Å²) in [7, 11) is 0. The molecular weight excluding hydrogens is 232 g/mol. The number of pyridine rings is 1. The number of benzene rings is 1. The molecule has 19 heavy (non-hydrogen) atoms. The van der Waals surface area contributed by atoms with E-state index in [0.717, 1.165) is 12.8 Å². The van der Waals surface area contributed by atoms with E-state index in [0.29, 0.717) is 0 Å². The van der Waals surface area contributed by atoms with Crippen molar-refractivity contribution in [1.29, 1.82) is 0 Å². The third-order valence-corrected chi connectivity index (χ3v) is 3.53. The van der Waals surface area contributed by atoms with Crippen molar-refractivity contribution in [2.45, 2.75) is 12.8 Å². The first-order valence-corrected chi connectivity index (χ1v) is 6.52. The van der Waals surface area contributed by atoms with Crippen LogP contribution in [0.5, 0.6) is 0 Å². The Morgan fingerprint density at radius 1 is 1.11 bits per heavy atom. The van der Waals surface area contributed by atoms with E-state index >= 15 is 0 Å². The summed E-state index contributed by atoms with van der Waals surface area (Å²) in [4.78, 5) is 3.53. The highest BCUT2D eigenvalue weighted by atomic mass is 14.9. The van der Waals surface area contributed by atoms with E-state index in [-0.39, 0.29) is 0 Å². The summed E-state index contributed by atoms with van der Waals surface area (Å²) < 4.78 is 2.08. The Labute approximate surface area is 112 Å². The molecular formula is C17H17N2+. The molecule has 1 N–H and O–H groups in total. The van der Waals surface area contributed by atoms with Crippen LogP contribution in [0.15, 0.2) is 55.8 Å². The van der Waals surface area contributed by atoms with Crippen LogP contribution in [0.4, 0.5) is 0 Å². The number of rotatable bonds is 4. The third kappa shape index (κ3) is 1.85. The third-order valence-electron chi connectivity index (χ3n) is 3.53. The summed E-state index contributed by atoms with van der Waals surface area (Å²) in [5.41, 5.74) is 3.63. The van der Waals surface area contributed by atoms with E-state index < -0.39 is 0 Å². The molecule has 0 unspecified atom stereocenters. The van der Waals surface area contributed by atoms with E-state index in [1.54, 1.807) is 0 Å². The van der Waals surface area contributed by atoms with E-state index in [1.165, 1.54) is 27.5 Å². The van der Waals surface area contributed by atoms with Gasteiger partial charge in [0, 0.05) is 28.8 Å². The summed E-state index contributed by atoms with van der Waals surface area (Å²) in [6, 6.07) is 10.6. The minimum absolute atomic E-state index is 0.958. The molecule has 0 aliphatic rings. The van der Waals surface area contributed by atoms with Gasteiger partial charge in [0.2, 0.25) is 5.69 Å². The Balaban J connectivity index is 2.34. The lowest BCUT2D eigenvalue weighted by atomic mass is 10.1. The first-order valence-electron chi connectivity index (χ1n) is 6.52. The summed E-state index contributed by atoms with van der Waals surface area (Å²) in [6.45, 7) is 7.69. The van der Waals surface area contributed by atoms with Gasteiger partial charge in [-0.05, 0) is 19.1 Å². The van der Waals surface area contributed by atoms with Gasteiger partial charge in [-0.1, -0.05) is 24.3 Å². The molecule has 0 atom stereocenters. The van der Waals surface area contributed by atoms with Crippen LogP contribution in [0, 0.1) is 0 Å². The average molecular weight is 249 g/mol. The highest BCUT2D eigenvalue weighted by Gasteiger charge is 2.16. The van der Waals surface area contributed by atoms with Gasteiger partial charge in [-0.2, -0.15) is 4.57 Å². The molecule has 2 heterocycles. The van der Waals surface area contributed by atoms with Gasteiger partial charge in [-0.3, -0.25) is 0 Å². The lowest BCUT2D eigenvalue weighted by molar-refractivity contribution is -0.575. The number of hydrogen-bond donors (Lipinski definition) is 1. The fourth-order valence-electron chi connectivity index (χ4n) is 2.60. The maximum Gasteiger partial charge on any atom is 0.211 e. The molecule has 2 nitrogen and oxygen atoms in total. The van der Waals surface area contributed by atoms with Gasteiger partial charge in [0.1, 0.15) is 5.52 Å². The van der Waals surface area contributed by atoms with Gasteiger partial charge in [-0.15, -0.1) is 6.58 Å². The maximum absolute atomic E-state index is 3.88. The fourth-order valence-corrected chi connectivity index (χ4v) is 2.60. The Morgan fingerprint density at radius 2 is 1.95 bits per heavy atom. The van der Waals surface area contributed by atoms with Crippen LogP contribution < -0.4 is 4.57 Å². The van der Waals surface area contributed by atoms with E-state index in [4.69, 9.17) is 0 Å². The minimum atomic E-state index is 0.958. The summed E-state index contributed by atoms with van der Waals surface area (Å²) in [6.07, 6.45) is 7.80. The van der Waals surface area contributed by atoms with Crippen molar-refractivity contribution < 1.29 is 4.57 Å². The minimum Gasteiger partial charge on any atom is -0.349 e. The molecule has 2 aromatic heterocycles. The number of hydrogen-bond acceptors (Lipinski definition) is 0. The number of aryl methyl sites for hydroxylation is 1. The SMILES string of the molecule is C=CCCc1c2[nH]c3ccccc3c2cc[n+]1C=C. The number of aromatic nitrogens is 2. The van der Waals surface area contributed by atoms with Crippen LogP contribution in [-0.2, 0) is 6.42 Å². The Morgan fingerprint density at radius 3 is 2.74 bits per heavy atom. The second-order valence-corrected chi connectivity index (χ2v) is 4.64. The van der Waals surface area contributed by atoms with Crippen molar-refractivity contribution in [2.24, 2.45) is 0 Å². The molecule has 0 aliphatic heterocycles. The highest BCUT2D eigenvalue weighted by Crippen LogP contribution is 2.26. The van der Waals surface area contributed by atoms with Crippen LogP contribution in [0.25, 0.3) is 28.0 Å². The summed E-state index contributed by atoms with van der Waals surface area (Å²) in [5.74, 6) is 0. The standard InChI is InChI=1S/C17H16N2/c1-3-5-10-16-17-14(11-12-19(16)4-2)13-8-6-7-9-15(13)18-17/h3-4,6-9,11-12H,1-2,5,10H2/p+1. The summed E-state index contributed by atoms with van der Waals surface area (Å²) in [5, 5.41) is 2.54. The van der Waals surface area contributed by atoms with E-state index in [2.05, 4.69) is 59.2 Å². The van der Waals surface area contributed by atoms with Gasteiger partial charge in [-0.25, -0.2) is 0 Å². The number of allylic oxidation sites excluding steroid dienone is 1. The van der Waals surface area contributed by atoms with Crippen molar-refractivity contribution in [1.82, 2.24) is 4.98 Å². The van der Waals surface area contributed by atoms with Gasteiger partial charge >= 0.3 is 0 Å². The normalized spacial score (nSPS) is 10.9. The average Bonchev–Trinajstić information content (AvgIpc) is 2.83. The van der Waals surface area contributed by atoms with Crippen LogP contribution in [0.1, 0.15) is 12.1 Å². The first kappa shape index (κ1) is 11.7. The largest absolute Gasteiger partial charge is 0.349 e. The lowest BCUT2D eigenvalue weighted by Crippen LogP contribution is -2.31. The molecule has 0 fully saturated rings. The quantitative estimate of drug-likeness (QED) is 0.535. The zero-order valence-corrected chi connectivity index (χ0v) is 10.9. The van der Waals surface area contributed by atoms with Gasteiger partial charge in [0.25, 0.3) is 0 Å². The number of fused-ring (bicyclic) bond motifs is 3. The molecule has 0 aliphatic carbocycles. The molecule has 94 valence electrons. The maximum atomic E-state index is 3.88. The second kappa shape index (κ2) is 4.73. The van der Waals surface area contributed by atoms with Crippen LogP contribution in [-0.4, -0.2) is 4.98 Å². The molecule has 0 amide bonds. The Bertz CT molecular complexity index is 765. The molecule has 0 bridgehead atoms. The van der Waals surface area contributed by atoms with Crippen LogP contribution in [0.2, 0.25) is 0 Å². The molecule has 3 aromatic rings. The molecule has 0 radical (unpaired) electrons. The monoisotopic (exact) mass is 249 g/mol. The van der Waals surface area contributed by atoms with Crippen molar-refractivity contribution in [3.8, 4) is 0 Å². The van der Waals surface area contributed by atoms with Crippen LogP contribution in [0.3, 0.4) is 0 Å². The van der Waals surface area contributed by atoms with Crippen molar-refractivity contribution >= 4 is 28.0 Å². The van der Waals surface area contributed by atoms with Crippen molar-refractivity contribution in [3.63, 3.8) is 0 Å². The number of aromatic amines is 1.